The Hall–Kier alpha value is 1.55. The zero-order valence-electron chi connectivity index (χ0n) is 9.37. The normalized spacial score (nSPS) is 33.6. The number of hydrogen-bond donors (Lipinski definition) is 0. The summed E-state index contributed by atoms with van der Waals surface area (Å²) in [4.78, 5) is 0. The Morgan fingerprint density at radius 1 is 1.25 bits per heavy atom. The molecule has 2 aliphatic rings. The van der Waals surface area contributed by atoms with Gasteiger partial charge in [-0.25, -0.2) is 0 Å². The van der Waals surface area contributed by atoms with Gasteiger partial charge in [-0.1, -0.05) is 30.7 Å². The van der Waals surface area contributed by atoms with E-state index in [-0.39, 0.29) is 82.9 Å². The summed E-state index contributed by atoms with van der Waals surface area (Å²) in [6.45, 7) is 4.11. The monoisotopic (exact) mass is 280 g/mol. The molecule has 0 spiro atoms. The molecule has 1 fully saturated rings. The molecule has 1 nitrogen and oxygen atoms in total. The van der Waals surface area contributed by atoms with Crippen molar-refractivity contribution in [2.75, 3.05) is 6.61 Å². The van der Waals surface area contributed by atoms with Crippen LogP contribution in [-0.2, 0) is 0 Å². The minimum absolute atomic E-state index is 0. The van der Waals surface area contributed by atoms with E-state index in [1.807, 2.05) is 12.2 Å². The van der Waals surface area contributed by atoms with Crippen LogP contribution in [0.5, 0.6) is 0 Å². The zero-order valence-corrected chi connectivity index (χ0v) is 13.7. The van der Waals surface area contributed by atoms with Crippen molar-refractivity contribution < 1.29 is 29.9 Å². The maximum atomic E-state index is 11.1. The van der Waals surface area contributed by atoms with Crippen molar-refractivity contribution in [1.29, 1.82) is 0 Å². The molecule has 5 heteroatoms. The van der Waals surface area contributed by atoms with E-state index in [4.69, 9.17) is 0 Å². The van der Waals surface area contributed by atoms with E-state index >= 15 is 0 Å². The second-order valence-corrected chi connectivity index (χ2v) is 3.95. The van der Waals surface area contributed by atoms with Crippen LogP contribution in [0.2, 0.25) is 0 Å². The van der Waals surface area contributed by atoms with Gasteiger partial charge in [0.05, 0.1) is 0 Å². The predicted octanol–water partition coefficient (Wildman–Crippen LogP) is -5.43. The fourth-order valence-electron chi connectivity index (χ4n) is 2.46. The average Bonchev–Trinajstić information content (AvgIpc) is 2.46. The summed E-state index contributed by atoms with van der Waals surface area (Å²) in [7, 11) is 0. The van der Waals surface area contributed by atoms with Gasteiger partial charge in [0.2, 0.25) is 0 Å². The van der Waals surface area contributed by atoms with Crippen molar-refractivity contribution in [3.8, 4) is 0 Å². The second-order valence-electron chi connectivity index (χ2n) is 3.95. The summed E-state index contributed by atoms with van der Waals surface area (Å²) in [5.74, 6) is 0.847. The minimum atomic E-state index is -0.0822. The van der Waals surface area contributed by atoms with Gasteiger partial charge in [-0.2, -0.15) is 5.92 Å². The maximum Gasteiger partial charge on any atom is 2.00 e. The number of fused-ring (bicyclic) bond motifs is 1. The quantitative estimate of drug-likeness (QED) is 0.348. The van der Waals surface area contributed by atoms with E-state index in [2.05, 4.69) is 19.1 Å². The van der Waals surface area contributed by atoms with Crippen LogP contribution >= 0.6 is 0 Å². The fraction of sp³-hybridized carbons (Fsp3) is 0.545. The third kappa shape index (κ3) is 4.04. The summed E-state index contributed by atoms with van der Waals surface area (Å²) >= 11 is 0. The number of hydrogen-bond acceptors (Lipinski definition) is 1. The van der Waals surface area contributed by atoms with Crippen molar-refractivity contribution in [1.82, 2.24) is 0 Å². The summed E-state index contributed by atoms with van der Waals surface area (Å²) in [6.07, 6.45) is 10.4. The van der Waals surface area contributed by atoms with E-state index < -0.39 is 0 Å². The van der Waals surface area contributed by atoms with Crippen LogP contribution in [0.15, 0.2) is 24.3 Å². The molecule has 0 aromatic heterocycles. The second kappa shape index (κ2) is 9.48. The van der Waals surface area contributed by atoms with Gasteiger partial charge < -0.3 is 36.8 Å². The molecule has 0 aromatic rings. The largest absolute Gasteiger partial charge is 2.00 e. The van der Waals surface area contributed by atoms with Crippen LogP contribution < -0.4 is 29.9 Å². The van der Waals surface area contributed by atoms with Gasteiger partial charge in [0.25, 0.3) is 0 Å². The van der Waals surface area contributed by atoms with Crippen molar-refractivity contribution in [3.63, 3.8) is 0 Å². The number of halogens is 2. The SMILES string of the molecule is [CH2-][C@@H]1CC[C@@]2(C[O-])C=CC=C[C@@H]12.[Cl-].[Cl-].[Mg+2].[Mg+2]. The Labute approximate surface area is 143 Å². The summed E-state index contributed by atoms with van der Waals surface area (Å²) in [6, 6.07) is 0. The number of rotatable bonds is 1. The predicted molar refractivity (Wildman–Crippen MR) is 58.7 cm³/mol. The van der Waals surface area contributed by atoms with E-state index in [1.165, 1.54) is 0 Å². The van der Waals surface area contributed by atoms with E-state index in [1.54, 1.807) is 0 Å². The average molecular weight is 282 g/mol. The molecule has 0 N–H and O–H groups in total. The van der Waals surface area contributed by atoms with Gasteiger partial charge in [-0.3, -0.25) is 0 Å². The molecule has 2 rings (SSSR count). The van der Waals surface area contributed by atoms with Crippen LogP contribution in [-0.4, -0.2) is 52.7 Å². The van der Waals surface area contributed by atoms with Crippen LogP contribution in [0, 0.1) is 24.2 Å². The van der Waals surface area contributed by atoms with Crippen molar-refractivity contribution in [2.24, 2.45) is 17.3 Å². The van der Waals surface area contributed by atoms with Gasteiger partial charge >= 0.3 is 46.1 Å². The molecule has 16 heavy (non-hydrogen) atoms. The third-order valence-corrected chi connectivity index (χ3v) is 3.28. The smallest absolute Gasteiger partial charge is 1.00 e. The van der Waals surface area contributed by atoms with E-state index in [0.29, 0.717) is 11.8 Å². The van der Waals surface area contributed by atoms with Crippen molar-refractivity contribution >= 4 is 46.1 Å². The van der Waals surface area contributed by atoms with Crippen LogP contribution in [0.3, 0.4) is 0 Å². The Morgan fingerprint density at radius 3 is 2.38 bits per heavy atom. The van der Waals surface area contributed by atoms with Crippen molar-refractivity contribution in [3.05, 3.63) is 31.2 Å². The zero-order chi connectivity index (χ0) is 8.60. The molecule has 0 bridgehead atoms. The molecule has 0 unspecified atom stereocenters. The molecule has 0 aromatic carbocycles. The molecule has 0 saturated heterocycles. The minimum Gasteiger partial charge on any atom is -1.00 e. The molecule has 82 valence electrons. The standard InChI is InChI=1S/C11H14O.2ClH.2Mg/c1-9-5-7-11(8-12)6-3-2-4-10(9)11;;;;/h2-4,6,9-10H,1,5,7-8H2;2*1H;;/q-2;;;2*+2/p-2/t9-,10+,11-;;;;/m1..../s1. The Morgan fingerprint density at radius 2 is 1.88 bits per heavy atom. The first-order valence-corrected chi connectivity index (χ1v) is 4.56. The first kappa shape index (κ1) is 22.7. The van der Waals surface area contributed by atoms with Gasteiger partial charge in [0, 0.05) is 0 Å². The van der Waals surface area contributed by atoms with Crippen molar-refractivity contribution in [2.45, 2.75) is 12.8 Å². The molecule has 1 saturated carbocycles. The molecular weight excluding hydrogens is 268 g/mol. The Balaban J connectivity index is -0.000000422. The van der Waals surface area contributed by atoms with Gasteiger partial charge in [-0.15, -0.1) is 6.61 Å². The Bertz CT molecular complexity index is 246. The summed E-state index contributed by atoms with van der Waals surface area (Å²) < 4.78 is 0. The van der Waals surface area contributed by atoms with Gasteiger partial charge in [-0.05, 0) is 17.8 Å². The van der Waals surface area contributed by atoms with E-state index in [9.17, 15) is 5.11 Å². The molecule has 3 atom stereocenters. The topological polar surface area (TPSA) is 23.1 Å². The van der Waals surface area contributed by atoms with Gasteiger partial charge in [0.15, 0.2) is 0 Å². The first-order chi connectivity index (χ1) is 5.78. The molecule has 2 aliphatic carbocycles. The number of allylic oxidation sites excluding steroid dienone is 3. The molecule has 0 heterocycles. The van der Waals surface area contributed by atoms with E-state index in [0.717, 1.165) is 12.8 Å². The molecule has 0 amide bonds. The summed E-state index contributed by atoms with van der Waals surface area (Å²) in [5, 5.41) is 11.1. The molecule has 0 radical (unpaired) electrons. The molecule has 0 aliphatic heterocycles. The first-order valence-electron chi connectivity index (χ1n) is 4.56. The maximum absolute atomic E-state index is 11.1. The van der Waals surface area contributed by atoms with Crippen LogP contribution in [0.25, 0.3) is 0 Å². The Kier molecular flexibility index (Phi) is 13.5. The summed E-state index contributed by atoms with van der Waals surface area (Å²) in [5.41, 5.74) is -0.0822. The van der Waals surface area contributed by atoms with Crippen LogP contribution in [0.4, 0.5) is 0 Å². The molecular formula is C11H14Cl2Mg2O. The van der Waals surface area contributed by atoms with Gasteiger partial charge in [0.1, 0.15) is 0 Å². The van der Waals surface area contributed by atoms with Crippen LogP contribution in [0.1, 0.15) is 12.8 Å². The third-order valence-electron chi connectivity index (χ3n) is 3.28. The fourth-order valence-corrected chi connectivity index (χ4v) is 2.46.